The first-order chi connectivity index (χ1) is 13.6. The summed E-state index contributed by atoms with van der Waals surface area (Å²) in [4.78, 5) is 29.2. The Kier molecular flexibility index (Phi) is 5.02. The standard InChI is InChI=1S/C18H15FN6O2S/c19-13-1-3-14(4-2-13)25-16(12-5-7-20-8-6-12)22-23-18(25)28-11-15(26)24-10-9-21-17(24)27/h1-8H,9-11H2,(H,21,27). The van der Waals surface area contributed by atoms with E-state index in [4.69, 9.17) is 0 Å². The SMILES string of the molecule is O=C(CSc1nnc(-c2ccncc2)n1-c1ccc(F)cc1)N1CCNC1=O. The lowest BCUT2D eigenvalue weighted by Gasteiger charge is -2.13. The Morgan fingerprint density at radius 2 is 1.89 bits per heavy atom. The Morgan fingerprint density at radius 3 is 2.57 bits per heavy atom. The van der Waals surface area contributed by atoms with E-state index in [2.05, 4.69) is 20.5 Å². The summed E-state index contributed by atoms with van der Waals surface area (Å²) in [6.45, 7) is 0.804. The number of nitrogens with zero attached hydrogens (tertiary/aromatic N) is 5. The third-order valence-electron chi connectivity index (χ3n) is 4.14. The minimum atomic E-state index is -0.386. The van der Waals surface area contributed by atoms with E-state index in [1.54, 1.807) is 41.2 Å². The van der Waals surface area contributed by atoms with Gasteiger partial charge in [-0.15, -0.1) is 10.2 Å². The summed E-state index contributed by atoms with van der Waals surface area (Å²) >= 11 is 1.17. The molecule has 10 heteroatoms. The number of thioether (sulfide) groups is 1. The summed E-state index contributed by atoms with van der Waals surface area (Å²) in [5.74, 6) is -0.0861. The van der Waals surface area contributed by atoms with Gasteiger partial charge in [-0.1, -0.05) is 11.8 Å². The molecule has 4 rings (SSSR count). The zero-order chi connectivity index (χ0) is 19.5. The van der Waals surface area contributed by atoms with Crippen LogP contribution in [0.15, 0.2) is 53.9 Å². The van der Waals surface area contributed by atoms with Crippen LogP contribution in [0, 0.1) is 5.82 Å². The summed E-state index contributed by atoms with van der Waals surface area (Å²) in [5.41, 5.74) is 1.44. The van der Waals surface area contributed by atoms with Crippen LogP contribution in [0.1, 0.15) is 0 Å². The number of aromatic nitrogens is 4. The number of urea groups is 1. The largest absolute Gasteiger partial charge is 0.336 e. The average molecular weight is 398 g/mol. The van der Waals surface area contributed by atoms with E-state index in [9.17, 15) is 14.0 Å². The minimum absolute atomic E-state index is 0.0308. The van der Waals surface area contributed by atoms with Crippen molar-refractivity contribution in [1.29, 1.82) is 0 Å². The predicted molar refractivity (Wildman–Crippen MR) is 100 cm³/mol. The van der Waals surface area contributed by atoms with Gasteiger partial charge in [0.15, 0.2) is 11.0 Å². The molecule has 142 valence electrons. The Morgan fingerprint density at radius 1 is 1.14 bits per heavy atom. The number of hydrogen-bond acceptors (Lipinski definition) is 6. The molecule has 1 saturated heterocycles. The first-order valence-electron chi connectivity index (χ1n) is 8.46. The molecule has 1 aliphatic rings. The van der Waals surface area contributed by atoms with Crippen LogP contribution in [0.4, 0.5) is 9.18 Å². The van der Waals surface area contributed by atoms with Gasteiger partial charge in [0.05, 0.1) is 5.75 Å². The summed E-state index contributed by atoms with van der Waals surface area (Å²) in [6, 6.07) is 9.12. The second kappa shape index (κ2) is 7.77. The lowest BCUT2D eigenvalue weighted by Crippen LogP contribution is -2.35. The molecule has 3 amide bonds. The predicted octanol–water partition coefficient (Wildman–Crippen LogP) is 2.11. The fraction of sp³-hybridized carbons (Fsp3) is 0.167. The van der Waals surface area contributed by atoms with Crippen LogP contribution in [-0.2, 0) is 4.79 Å². The first-order valence-corrected chi connectivity index (χ1v) is 9.45. The van der Waals surface area contributed by atoms with Crippen molar-refractivity contribution in [2.24, 2.45) is 0 Å². The number of hydrogen-bond donors (Lipinski definition) is 1. The normalized spacial score (nSPS) is 13.6. The number of benzene rings is 1. The summed E-state index contributed by atoms with van der Waals surface area (Å²) in [5, 5.41) is 11.5. The van der Waals surface area contributed by atoms with E-state index in [-0.39, 0.29) is 23.5 Å². The quantitative estimate of drug-likeness (QED) is 0.662. The van der Waals surface area contributed by atoms with Crippen LogP contribution in [0.2, 0.25) is 0 Å². The zero-order valence-corrected chi connectivity index (χ0v) is 15.4. The molecule has 8 nitrogen and oxygen atoms in total. The van der Waals surface area contributed by atoms with Crippen LogP contribution >= 0.6 is 11.8 Å². The molecule has 3 heterocycles. The maximum absolute atomic E-state index is 13.4. The van der Waals surface area contributed by atoms with Crippen molar-refractivity contribution in [3.63, 3.8) is 0 Å². The molecule has 0 spiro atoms. The molecule has 0 aliphatic carbocycles. The molecule has 1 aromatic carbocycles. The van der Waals surface area contributed by atoms with Crippen molar-refractivity contribution >= 4 is 23.7 Å². The highest BCUT2D eigenvalue weighted by Crippen LogP contribution is 2.28. The number of halogens is 1. The third-order valence-corrected chi connectivity index (χ3v) is 5.05. The number of amides is 3. The molecular formula is C18H15FN6O2S. The van der Waals surface area contributed by atoms with Gasteiger partial charge in [0.25, 0.3) is 0 Å². The van der Waals surface area contributed by atoms with E-state index in [1.807, 2.05) is 0 Å². The van der Waals surface area contributed by atoms with Gasteiger partial charge >= 0.3 is 6.03 Å². The van der Waals surface area contributed by atoms with E-state index in [1.165, 1.54) is 28.8 Å². The van der Waals surface area contributed by atoms with Gasteiger partial charge < -0.3 is 5.32 Å². The van der Waals surface area contributed by atoms with Crippen LogP contribution in [0.5, 0.6) is 0 Å². The molecule has 0 bridgehead atoms. The van der Waals surface area contributed by atoms with Crippen LogP contribution < -0.4 is 5.32 Å². The number of nitrogens with one attached hydrogen (secondary N) is 1. The third kappa shape index (κ3) is 3.58. The molecular weight excluding hydrogens is 383 g/mol. The summed E-state index contributed by atoms with van der Waals surface area (Å²) < 4.78 is 15.1. The Hall–Kier alpha value is -3.27. The lowest BCUT2D eigenvalue weighted by molar-refractivity contribution is -0.124. The number of carbonyl (C=O) groups excluding carboxylic acids is 2. The first kappa shape index (κ1) is 18.1. The average Bonchev–Trinajstić information content (AvgIpc) is 3.34. The fourth-order valence-corrected chi connectivity index (χ4v) is 3.62. The van der Waals surface area contributed by atoms with Crippen LogP contribution in [-0.4, -0.2) is 55.4 Å². The molecule has 0 unspecified atom stereocenters. The Balaban J connectivity index is 1.65. The van der Waals surface area contributed by atoms with Gasteiger partial charge in [-0.05, 0) is 36.4 Å². The highest BCUT2D eigenvalue weighted by atomic mass is 32.2. The molecule has 3 aromatic rings. The molecule has 0 atom stereocenters. The van der Waals surface area contributed by atoms with Gasteiger partial charge in [0.1, 0.15) is 5.82 Å². The fourth-order valence-electron chi connectivity index (χ4n) is 2.79. The van der Waals surface area contributed by atoms with Crippen molar-refractivity contribution < 1.29 is 14.0 Å². The van der Waals surface area contributed by atoms with Crippen molar-refractivity contribution in [1.82, 2.24) is 30.0 Å². The molecule has 0 radical (unpaired) electrons. The second-order valence-corrected chi connectivity index (χ2v) is 6.86. The van der Waals surface area contributed by atoms with Crippen LogP contribution in [0.25, 0.3) is 17.1 Å². The molecule has 1 fully saturated rings. The Labute approximate surface area is 163 Å². The van der Waals surface area contributed by atoms with Gasteiger partial charge in [0, 0.05) is 36.7 Å². The number of pyridine rings is 1. The highest BCUT2D eigenvalue weighted by Gasteiger charge is 2.27. The smallest absolute Gasteiger partial charge is 0.324 e. The van der Waals surface area contributed by atoms with Gasteiger partial charge in [-0.2, -0.15) is 0 Å². The monoisotopic (exact) mass is 398 g/mol. The van der Waals surface area contributed by atoms with Crippen molar-refractivity contribution in [3.05, 3.63) is 54.6 Å². The molecule has 0 saturated carbocycles. The van der Waals surface area contributed by atoms with Crippen molar-refractivity contribution in [2.45, 2.75) is 5.16 Å². The molecule has 1 aliphatic heterocycles. The van der Waals surface area contributed by atoms with E-state index < -0.39 is 0 Å². The maximum atomic E-state index is 13.4. The molecule has 2 aromatic heterocycles. The van der Waals surface area contributed by atoms with E-state index in [0.717, 1.165) is 5.56 Å². The van der Waals surface area contributed by atoms with Gasteiger partial charge in [-0.3, -0.25) is 19.2 Å². The Bertz CT molecular complexity index is 1010. The lowest BCUT2D eigenvalue weighted by atomic mass is 10.2. The zero-order valence-electron chi connectivity index (χ0n) is 14.6. The topological polar surface area (TPSA) is 93.0 Å². The van der Waals surface area contributed by atoms with E-state index in [0.29, 0.717) is 29.8 Å². The van der Waals surface area contributed by atoms with Crippen molar-refractivity contribution in [3.8, 4) is 17.1 Å². The second-order valence-electron chi connectivity index (χ2n) is 5.92. The summed E-state index contributed by atoms with van der Waals surface area (Å²) in [6.07, 6.45) is 3.28. The van der Waals surface area contributed by atoms with Gasteiger partial charge in [-0.25, -0.2) is 9.18 Å². The highest BCUT2D eigenvalue weighted by molar-refractivity contribution is 7.99. The van der Waals surface area contributed by atoms with Gasteiger partial charge in [0.2, 0.25) is 5.91 Å². The molecule has 28 heavy (non-hydrogen) atoms. The van der Waals surface area contributed by atoms with Crippen LogP contribution in [0.3, 0.4) is 0 Å². The molecule has 1 N–H and O–H groups in total. The summed E-state index contributed by atoms with van der Waals surface area (Å²) in [7, 11) is 0. The maximum Gasteiger partial charge on any atom is 0.324 e. The number of carbonyl (C=O) groups is 2. The van der Waals surface area contributed by atoms with Crippen molar-refractivity contribution in [2.75, 3.05) is 18.8 Å². The minimum Gasteiger partial charge on any atom is -0.336 e. The number of imide groups is 1. The number of rotatable bonds is 5. The van der Waals surface area contributed by atoms with E-state index >= 15 is 0 Å².